The van der Waals surface area contributed by atoms with Crippen molar-refractivity contribution < 1.29 is 14.0 Å². The summed E-state index contributed by atoms with van der Waals surface area (Å²) in [5.41, 5.74) is 0.167. The van der Waals surface area contributed by atoms with Crippen LogP contribution in [0.25, 0.3) is 0 Å². The Morgan fingerprint density at radius 2 is 2.00 bits per heavy atom. The lowest BCUT2D eigenvalue weighted by Crippen LogP contribution is -2.31. The number of hydrogen-bond donors (Lipinski definition) is 0. The first kappa shape index (κ1) is 10.8. The second kappa shape index (κ2) is 3.72. The number of halogens is 2. The number of rotatable bonds is 1. The lowest BCUT2D eigenvalue weighted by molar-refractivity contribution is -0.120. The van der Waals surface area contributed by atoms with E-state index in [9.17, 15) is 14.0 Å². The Morgan fingerprint density at radius 1 is 1.31 bits per heavy atom. The highest BCUT2D eigenvalue weighted by Gasteiger charge is 2.31. The Labute approximate surface area is 96.1 Å². The highest BCUT2D eigenvalue weighted by Crippen LogP contribution is 2.27. The first-order valence-electron chi connectivity index (χ1n) is 4.52. The SMILES string of the molecule is CC1=CC(=O)N(c2cc(Cl)ccc2F)C1=O. The highest BCUT2D eigenvalue weighted by atomic mass is 35.5. The van der Waals surface area contributed by atoms with Gasteiger partial charge in [0.25, 0.3) is 11.8 Å². The Balaban J connectivity index is 2.50. The summed E-state index contributed by atoms with van der Waals surface area (Å²) in [6.07, 6.45) is 1.17. The number of carbonyl (C=O) groups excluding carboxylic acids is 2. The number of hydrogen-bond acceptors (Lipinski definition) is 2. The third-order valence-corrected chi connectivity index (χ3v) is 2.48. The minimum atomic E-state index is -0.658. The second-order valence-corrected chi connectivity index (χ2v) is 3.84. The largest absolute Gasteiger partial charge is 0.269 e. The maximum atomic E-state index is 13.5. The van der Waals surface area contributed by atoms with E-state index in [0.717, 1.165) is 11.0 Å². The quantitative estimate of drug-likeness (QED) is 0.705. The molecule has 0 N–H and O–H groups in total. The van der Waals surface area contributed by atoms with Gasteiger partial charge in [-0.05, 0) is 25.1 Å². The molecule has 1 aliphatic rings. The van der Waals surface area contributed by atoms with Crippen LogP contribution in [0.5, 0.6) is 0 Å². The van der Waals surface area contributed by atoms with E-state index in [4.69, 9.17) is 11.6 Å². The van der Waals surface area contributed by atoms with Crippen LogP contribution in [-0.4, -0.2) is 11.8 Å². The Bertz CT molecular complexity index is 525. The van der Waals surface area contributed by atoms with Gasteiger partial charge in [-0.1, -0.05) is 11.6 Å². The van der Waals surface area contributed by atoms with Crippen molar-refractivity contribution in [1.29, 1.82) is 0 Å². The predicted octanol–water partition coefficient (Wildman–Crippen LogP) is 2.30. The molecular weight excluding hydrogens is 233 g/mol. The molecule has 16 heavy (non-hydrogen) atoms. The molecule has 1 aliphatic heterocycles. The summed E-state index contributed by atoms with van der Waals surface area (Å²) in [7, 11) is 0. The summed E-state index contributed by atoms with van der Waals surface area (Å²) >= 11 is 5.69. The molecule has 0 unspecified atom stereocenters. The molecule has 0 saturated carbocycles. The normalized spacial score (nSPS) is 15.7. The Morgan fingerprint density at radius 3 is 2.56 bits per heavy atom. The average molecular weight is 240 g/mol. The van der Waals surface area contributed by atoms with E-state index >= 15 is 0 Å². The van der Waals surface area contributed by atoms with E-state index in [1.165, 1.54) is 25.1 Å². The maximum Gasteiger partial charge on any atom is 0.261 e. The minimum Gasteiger partial charge on any atom is -0.269 e. The van der Waals surface area contributed by atoms with Crippen LogP contribution < -0.4 is 4.90 Å². The van der Waals surface area contributed by atoms with Crippen LogP contribution in [0.2, 0.25) is 5.02 Å². The molecule has 0 aliphatic carbocycles. The van der Waals surface area contributed by atoms with E-state index in [0.29, 0.717) is 0 Å². The smallest absolute Gasteiger partial charge is 0.261 e. The fourth-order valence-corrected chi connectivity index (χ4v) is 1.64. The van der Waals surface area contributed by atoms with Crippen LogP contribution in [0, 0.1) is 5.82 Å². The summed E-state index contributed by atoms with van der Waals surface area (Å²) in [4.78, 5) is 23.9. The van der Waals surface area contributed by atoms with E-state index in [1.807, 2.05) is 0 Å². The summed E-state index contributed by atoms with van der Waals surface area (Å²) < 4.78 is 13.5. The molecule has 2 amide bonds. The molecule has 0 radical (unpaired) electrons. The topological polar surface area (TPSA) is 37.4 Å². The molecule has 0 bridgehead atoms. The lowest BCUT2D eigenvalue weighted by Gasteiger charge is -2.15. The molecule has 5 heteroatoms. The number of imide groups is 1. The van der Waals surface area contributed by atoms with Gasteiger partial charge < -0.3 is 0 Å². The van der Waals surface area contributed by atoms with E-state index in [2.05, 4.69) is 0 Å². The molecule has 0 saturated heterocycles. The number of amides is 2. The van der Waals surface area contributed by atoms with Gasteiger partial charge in [0, 0.05) is 16.7 Å². The fourth-order valence-electron chi connectivity index (χ4n) is 1.47. The van der Waals surface area contributed by atoms with Crippen LogP contribution in [0.15, 0.2) is 29.8 Å². The lowest BCUT2D eigenvalue weighted by atomic mass is 10.2. The minimum absolute atomic E-state index is 0.115. The van der Waals surface area contributed by atoms with Crippen molar-refractivity contribution in [3.05, 3.63) is 40.7 Å². The third-order valence-electron chi connectivity index (χ3n) is 2.25. The number of benzene rings is 1. The van der Waals surface area contributed by atoms with Gasteiger partial charge in [0.15, 0.2) is 0 Å². The predicted molar refractivity (Wildman–Crippen MR) is 57.7 cm³/mol. The molecule has 3 nitrogen and oxygen atoms in total. The van der Waals surface area contributed by atoms with Crippen molar-refractivity contribution in [3.63, 3.8) is 0 Å². The number of anilines is 1. The van der Waals surface area contributed by atoms with Gasteiger partial charge in [-0.15, -0.1) is 0 Å². The van der Waals surface area contributed by atoms with Crippen LogP contribution in [0.4, 0.5) is 10.1 Å². The van der Waals surface area contributed by atoms with Crippen LogP contribution in [-0.2, 0) is 9.59 Å². The maximum absolute atomic E-state index is 13.5. The third kappa shape index (κ3) is 1.61. The molecule has 1 heterocycles. The zero-order chi connectivity index (χ0) is 11.9. The van der Waals surface area contributed by atoms with E-state index in [-0.39, 0.29) is 16.3 Å². The van der Waals surface area contributed by atoms with Crippen molar-refractivity contribution >= 4 is 29.1 Å². The van der Waals surface area contributed by atoms with Crippen molar-refractivity contribution in [1.82, 2.24) is 0 Å². The summed E-state index contributed by atoms with van der Waals surface area (Å²) in [5.74, 6) is -1.73. The zero-order valence-electron chi connectivity index (χ0n) is 8.33. The van der Waals surface area contributed by atoms with Crippen LogP contribution in [0.1, 0.15) is 6.92 Å². The van der Waals surface area contributed by atoms with E-state index in [1.54, 1.807) is 0 Å². The van der Waals surface area contributed by atoms with Crippen molar-refractivity contribution in [3.8, 4) is 0 Å². The van der Waals surface area contributed by atoms with Gasteiger partial charge in [-0.2, -0.15) is 0 Å². The number of nitrogens with zero attached hydrogens (tertiary/aromatic N) is 1. The Kier molecular flexibility index (Phi) is 2.52. The fraction of sp³-hybridized carbons (Fsp3) is 0.0909. The molecule has 0 spiro atoms. The zero-order valence-corrected chi connectivity index (χ0v) is 9.08. The van der Waals surface area contributed by atoms with Gasteiger partial charge in [0.2, 0.25) is 0 Å². The summed E-state index contributed by atoms with van der Waals surface area (Å²) in [6.45, 7) is 1.50. The molecule has 1 aromatic rings. The van der Waals surface area contributed by atoms with Gasteiger partial charge in [0.1, 0.15) is 5.82 Å². The van der Waals surface area contributed by atoms with Crippen molar-refractivity contribution in [2.24, 2.45) is 0 Å². The first-order valence-corrected chi connectivity index (χ1v) is 4.90. The molecule has 1 aromatic carbocycles. The van der Waals surface area contributed by atoms with Crippen LogP contribution >= 0.6 is 11.6 Å². The molecule has 82 valence electrons. The van der Waals surface area contributed by atoms with Gasteiger partial charge in [0.05, 0.1) is 5.69 Å². The average Bonchev–Trinajstić information content (AvgIpc) is 2.46. The molecule has 0 aromatic heterocycles. The molecule has 2 rings (SSSR count). The van der Waals surface area contributed by atoms with E-state index < -0.39 is 17.6 Å². The summed E-state index contributed by atoms with van der Waals surface area (Å²) in [6, 6.07) is 3.72. The van der Waals surface area contributed by atoms with Gasteiger partial charge >= 0.3 is 0 Å². The van der Waals surface area contributed by atoms with Crippen LogP contribution in [0.3, 0.4) is 0 Å². The number of carbonyl (C=O) groups is 2. The van der Waals surface area contributed by atoms with Crippen molar-refractivity contribution in [2.75, 3.05) is 4.90 Å². The van der Waals surface area contributed by atoms with Gasteiger partial charge in [-0.25, -0.2) is 9.29 Å². The summed E-state index contributed by atoms with van der Waals surface area (Å²) in [5, 5.41) is 0.265. The highest BCUT2D eigenvalue weighted by molar-refractivity contribution is 6.33. The van der Waals surface area contributed by atoms with Crippen molar-refractivity contribution in [2.45, 2.75) is 6.92 Å². The monoisotopic (exact) mass is 239 g/mol. The van der Waals surface area contributed by atoms with Gasteiger partial charge in [-0.3, -0.25) is 9.59 Å². The standard InChI is InChI=1S/C11H7ClFNO2/c1-6-4-10(15)14(11(6)16)9-5-7(12)2-3-8(9)13/h2-5H,1H3. The molecule has 0 fully saturated rings. The molecular formula is C11H7ClFNO2. The Hall–Kier alpha value is -1.68. The first-order chi connectivity index (χ1) is 7.50. The molecule has 0 atom stereocenters. The second-order valence-electron chi connectivity index (χ2n) is 3.40.